The van der Waals surface area contributed by atoms with Gasteiger partial charge in [-0.3, -0.25) is 9.59 Å². The van der Waals surface area contributed by atoms with Crippen LogP contribution in [0.2, 0.25) is 5.02 Å². The van der Waals surface area contributed by atoms with Gasteiger partial charge < -0.3 is 9.64 Å². The molecule has 0 radical (unpaired) electrons. The van der Waals surface area contributed by atoms with Crippen molar-refractivity contribution in [2.75, 3.05) is 18.1 Å². The molecule has 0 N–H and O–H groups in total. The SMILES string of the molecule is C/C=C\c1ccc(Cl)c(C)c1N(CC(=O)OCC)C(C)=O. The summed E-state index contributed by atoms with van der Waals surface area (Å²) < 4.78 is 4.93. The van der Waals surface area contributed by atoms with Crippen LogP contribution in [0.25, 0.3) is 6.08 Å². The van der Waals surface area contributed by atoms with Crippen LogP contribution in [0.5, 0.6) is 0 Å². The summed E-state index contributed by atoms with van der Waals surface area (Å²) in [6.07, 6.45) is 3.74. The molecule has 1 rings (SSSR count). The molecule has 21 heavy (non-hydrogen) atoms. The van der Waals surface area contributed by atoms with Crippen LogP contribution >= 0.6 is 11.6 Å². The maximum Gasteiger partial charge on any atom is 0.326 e. The van der Waals surface area contributed by atoms with Crippen LogP contribution < -0.4 is 4.90 Å². The highest BCUT2D eigenvalue weighted by Gasteiger charge is 2.21. The van der Waals surface area contributed by atoms with Gasteiger partial charge in [0.05, 0.1) is 12.3 Å². The second-order valence-corrected chi connectivity index (χ2v) is 4.93. The van der Waals surface area contributed by atoms with Crippen molar-refractivity contribution in [3.8, 4) is 0 Å². The molecule has 5 heteroatoms. The molecule has 0 unspecified atom stereocenters. The molecule has 0 saturated carbocycles. The minimum Gasteiger partial charge on any atom is -0.465 e. The Morgan fingerprint density at radius 1 is 1.38 bits per heavy atom. The average Bonchev–Trinajstić information content (AvgIpc) is 2.42. The van der Waals surface area contributed by atoms with Gasteiger partial charge in [0.1, 0.15) is 6.54 Å². The normalized spacial score (nSPS) is 10.7. The number of rotatable bonds is 5. The van der Waals surface area contributed by atoms with Crippen LogP contribution in [0.4, 0.5) is 5.69 Å². The summed E-state index contributed by atoms with van der Waals surface area (Å²) in [5.41, 5.74) is 2.23. The van der Waals surface area contributed by atoms with Gasteiger partial charge in [-0.25, -0.2) is 0 Å². The molecule has 0 aliphatic carbocycles. The first-order valence-corrected chi connectivity index (χ1v) is 7.15. The van der Waals surface area contributed by atoms with E-state index in [1.165, 1.54) is 11.8 Å². The summed E-state index contributed by atoms with van der Waals surface area (Å²) in [7, 11) is 0. The van der Waals surface area contributed by atoms with E-state index in [-0.39, 0.29) is 19.1 Å². The molecule has 0 fully saturated rings. The van der Waals surface area contributed by atoms with Crippen molar-refractivity contribution in [1.82, 2.24) is 0 Å². The Morgan fingerprint density at radius 2 is 2.05 bits per heavy atom. The lowest BCUT2D eigenvalue weighted by atomic mass is 10.1. The second kappa shape index (κ2) is 7.84. The summed E-state index contributed by atoms with van der Waals surface area (Å²) >= 11 is 6.15. The summed E-state index contributed by atoms with van der Waals surface area (Å²) in [6, 6.07) is 3.60. The lowest BCUT2D eigenvalue weighted by Gasteiger charge is -2.24. The Kier molecular flexibility index (Phi) is 6.43. The fourth-order valence-electron chi connectivity index (χ4n) is 2.05. The zero-order valence-corrected chi connectivity index (χ0v) is 13.5. The first kappa shape index (κ1) is 17.2. The fraction of sp³-hybridized carbons (Fsp3) is 0.375. The quantitative estimate of drug-likeness (QED) is 0.781. The number of carbonyl (C=O) groups is 2. The molecule has 0 heterocycles. The van der Waals surface area contributed by atoms with Gasteiger partial charge in [0.25, 0.3) is 0 Å². The molecule has 0 spiro atoms. The van der Waals surface area contributed by atoms with Crippen molar-refractivity contribution < 1.29 is 14.3 Å². The topological polar surface area (TPSA) is 46.6 Å². The molecular formula is C16H20ClNO3. The van der Waals surface area contributed by atoms with Crippen molar-refractivity contribution in [1.29, 1.82) is 0 Å². The van der Waals surface area contributed by atoms with Gasteiger partial charge in [-0.2, -0.15) is 0 Å². The van der Waals surface area contributed by atoms with E-state index in [1.807, 2.05) is 32.1 Å². The number of nitrogens with zero attached hydrogens (tertiary/aromatic N) is 1. The standard InChI is InChI=1S/C16H20ClNO3/c1-5-7-13-8-9-14(17)11(3)16(13)18(12(4)19)10-15(20)21-6-2/h5,7-9H,6,10H2,1-4H3/b7-5-. The molecule has 0 saturated heterocycles. The van der Waals surface area contributed by atoms with Crippen LogP contribution in [0.3, 0.4) is 0 Å². The molecule has 1 amide bonds. The molecule has 1 aromatic rings. The number of amides is 1. The zero-order chi connectivity index (χ0) is 16.0. The molecule has 0 aromatic heterocycles. The lowest BCUT2D eigenvalue weighted by Crippen LogP contribution is -2.36. The molecule has 114 valence electrons. The Balaban J connectivity index is 3.33. The van der Waals surface area contributed by atoms with E-state index >= 15 is 0 Å². The molecule has 0 bridgehead atoms. The molecular weight excluding hydrogens is 290 g/mol. The lowest BCUT2D eigenvalue weighted by molar-refractivity contribution is -0.142. The van der Waals surface area contributed by atoms with E-state index in [0.29, 0.717) is 10.7 Å². The van der Waals surface area contributed by atoms with E-state index in [1.54, 1.807) is 13.0 Å². The Bertz CT molecular complexity index is 567. The number of esters is 1. The summed E-state index contributed by atoms with van der Waals surface area (Å²) in [5.74, 6) is -0.683. The number of hydrogen-bond donors (Lipinski definition) is 0. The molecule has 0 atom stereocenters. The molecule has 1 aromatic carbocycles. The third kappa shape index (κ3) is 4.33. The van der Waals surface area contributed by atoms with Gasteiger partial charge >= 0.3 is 5.97 Å². The van der Waals surface area contributed by atoms with Crippen molar-refractivity contribution in [2.24, 2.45) is 0 Å². The first-order valence-electron chi connectivity index (χ1n) is 6.77. The Hall–Kier alpha value is -1.81. The van der Waals surface area contributed by atoms with Crippen LogP contribution in [-0.2, 0) is 14.3 Å². The smallest absolute Gasteiger partial charge is 0.326 e. The monoisotopic (exact) mass is 309 g/mol. The third-order valence-electron chi connectivity index (χ3n) is 2.98. The van der Waals surface area contributed by atoms with E-state index in [4.69, 9.17) is 16.3 Å². The number of anilines is 1. The summed E-state index contributed by atoms with van der Waals surface area (Å²) in [5, 5.41) is 0.549. The van der Waals surface area contributed by atoms with Crippen molar-refractivity contribution >= 4 is 35.2 Å². The van der Waals surface area contributed by atoms with Crippen LogP contribution in [0, 0.1) is 6.92 Å². The van der Waals surface area contributed by atoms with Gasteiger partial charge in [-0.05, 0) is 38.0 Å². The average molecular weight is 310 g/mol. The summed E-state index contributed by atoms with van der Waals surface area (Å²) in [6.45, 7) is 7.00. The van der Waals surface area contributed by atoms with Gasteiger partial charge in [0, 0.05) is 11.9 Å². The second-order valence-electron chi connectivity index (χ2n) is 4.52. The Labute approximate surface area is 130 Å². The minimum absolute atomic E-state index is 0.130. The first-order chi connectivity index (χ1) is 9.92. The van der Waals surface area contributed by atoms with Gasteiger partial charge in [0.15, 0.2) is 0 Å². The van der Waals surface area contributed by atoms with E-state index in [0.717, 1.165) is 11.1 Å². The number of allylic oxidation sites excluding steroid dienone is 1. The number of hydrogen-bond acceptors (Lipinski definition) is 3. The summed E-state index contributed by atoms with van der Waals surface area (Å²) in [4.78, 5) is 25.1. The van der Waals surface area contributed by atoms with E-state index < -0.39 is 5.97 Å². The van der Waals surface area contributed by atoms with Gasteiger partial charge in [0.2, 0.25) is 5.91 Å². The fourth-order valence-corrected chi connectivity index (χ4v) is 2.20. The number of ether oxygens (including phenoxy) is 1. The maximum absolute atomic E-state index is 12.0. The molecule has 0 aliphatic rings. The largest absolute Gasteiger partial charge is 0.465 e. The van der Waals surface area contributed by atoms with Gasteiger partial charge in [-0.1, -0.05) is 29.8 Å². The third-order valence-corrected chi connectivity index (χ3v) is 3.39. The highest BCUT2D eigenvalue weighted by Crippen LogP contribution is 2.32. The molecule has 0 aliphatic heterocycles. The zero-order valence-electron chi connectivity index (χ0n) is 12.8. The highest BCUT2D eigenvalue weighted by molar-refractivity contribution is 6.32. The van der Waals surface area contributed by atoms with E-state index in [2.05, 4.69) is 0 Å². The number of benzene rings is 1. The van der Waals surface area contributed by atoms with E-state index in [9.17, 15) is 9.59 Å². The van der Waals surface area contributed by atoms with Crippen molar-refractivity contribution in [2.45, 2.75) is 27.7 Å². The Morgan fingerprint density at radius 3 is 2.57 bits per heavy atom. The predicted octanol–water partition coefficient (Wildman–Crippen LogP) is 3.60. The van der Waals surface area contributed by atoms with Crippen LogP contribution in [0.1, 0.15) is 31.9 Å². The maximum atomic E-state index is 12.0. The molecule has 4 nitrogen and oxygen atoms in total. The van der Waals surface area contributed by atoms with Crippen LogP contribution in [-0.4, -0.2) is 25.0 Å². The number of halogens is 1. The van der Waals surface area contributed by atoms with Crippen LogP contribution in [0.15, 0.2) is 18.2 Å². The van der Waals surface area contributed by atoms with Crippen molar-refractivity contribution in [3.05, 3.63) is 34.4 Å². The van der Waals surface area contributed by atoms with Gasteiger partial charge in [-0.15, -0.1) is 0 Å². The highest BCUT2D eigenvalue weighted by atomic mass is 35.5. The minimum atomic E-state index is -0.446. The predicted molar refractivity (Wildman–Crippen MR) is 85.6 cm³/mol. The van der Waals surface area contributed by atoms with Crippen molar-refractivity contribution in [3.63, 3.8) is 0 Å². The number of carbonyl (C=O) groups excluding carboxylic acids is 2.